The smallest absolute Gasteiger partial charge is 0.303 e. The summed E-state index contributed by atoms with van der Waals surface area (Å²) in [5, 5.41) is 26.3. The lowest BCUT2D eigenvalue weighted by Crippen LogP contribution is -2.31. The quantitative estimate of drug-likeness (QED) is 0.174. The number of nitrogens with one attached hydrogen (secondary N) is 4. The fourth-order valence-electron chi connectivity index (χ4n) is 6.51. The summed E-state index contributed by atoms with van der Waals surface area (Å²) in [5.74, 6) is -2.36. The Morgan fingerprint density at radius 2 is 1.58 bits per heavy atom. The van der Waals surface area contributed by atoms with Crippen LogP contribution < -0.4 is 21.3 Å². The number of carboxylic acids is 2. The van der Waals surface area contributed by atoms with Crippen LogP contribution in [0, 0.1) is 19.8 Å². The van der Waals surface area contributed by atoms with Gasteiger partial charge in [-0.25, -0.2) is 0 Å². The summed E-state index contributed by atoms with van der Waals surface area (Å²) in [5.41, 5.74) is 7.53. The van der Waals surface area contributed by atoms with Crippen LogP contribution in [0.3, 0.4) is 0 Å². The maximum Gasteiger partial charge on any atom is 0.303 e. The van der Waals surface area contributed by atoms with Crippen molar-refractivity contribution in [2.45, 2.75) is 91.0 Å². The lowest BCUT2D eigenvalue weighted by atomic mass is 9.98. The maximum atomic E-state index is 12.6. The van der Waals surface area contributed by atoms with Crippen molar-refractivity contribution in [2.75, 3.05) is 0 Å². The first-order valence-electron chi connectivity index (χ1n) is 15.0. The Labute approximate surface area is 273 Å². The number of aromatic nitrogens is 2. The van der Waals surface area contributed by atoms with Crippen molar-refractivity contribution in [3.63, 3.8) is 0 Å². The Morgan fingerprint density at radius 1 is 0.956 bits per heavy atom. The van der Waals surface area contributed by atoms with Crippen LogP contribution >= 0.6 is 25.3 Å². The number of aliphatic carboxylic acids is 2. The molecule has 2 amide bonds. The second-order valence-corrected chi connectivity index (χ2v) is 13.5. The fourth-order valence-corrected chi connectivity index (χ4v) is 7.16. The first-order valence-corrected chi connectivity index (χ1v) is 16.0. The summed E-state index contributed by atoms with van der Waals surface area (Å²) in [7, 11) is 0. The van der Waals surface area contributed by atoms with E-state index in [9.17, 15) is 29.4 Å². The number of thiol groups is 2. The van der Waals surface area contributed by atoms with E-state index in [0.717, 1.165) is 55.0 Å². The van der Waals surface area contributed by atoms with E-state index < -0.39 is 11.9 Å². The van der Waals surface area contributed by atoms with Gasteiger partial charge in [0.25, 0.3) is 0 Å². The summed E-state index contributed by atoms with van der Waals surface area (Å²) in [6, 6.07) is -0.586. The first-order chi connectivity index (χ1) is 21.1. The number of H-pyrrole nitrogens is 2. The number of rotatable bonds is 11. The zero-order valence-corrected chi connectivity index (χ0v) is 28.2. The van der Waals surface area contributed by atoms with Gasteiger partial charge in [-0.1, -0.05) is 0 Å². The molecule has 2 aliphatic rings. The molecule has 12 heteroatoms. The van der Waals surface area contributed by atoms with Gasteiger partial charge in [-0.2, -0.15) is 12.6 Å². The fraction of sp³-hybridized carbons (Fsp3) is 0.455. The van der Waals surface area contributed by atoms with Crippen molar-refractivity contribution in [2.24, 2.45) is 5.92 Å². The molecule has 2 aliphatic heterocycles. The number of aromatic amines is 2. The van der Waals surface area contributed by atoms with Crippen LogP contribution in [0.25, 0.3) is 12.2 Å². The van der Waals surface area contributed by atoms with Gasteiger partial charge in [0.2, 0.25) is 11.8 Å². The van der Waals surface area contributed by atoms with E-state index in [1.54, 1.807) is 0 Å². The van der Waals surface area contributed by atoms with Gasteiger partial charge in [0.05, 0.1) is 18.0 Å². The molecule has 4 rings (SSSR count). The molecule has 0 spiro atoms. The second kappa shape index (κ2) is 13.8. The summed E-state index contributed by atoms with van der Waals surface area (Å²) >= 11 is 9.00. The van der Waals surface area contributed by atoms with E-state index in [1.807, 2.05) is 53.7 Å². The third-order valence-electron chi connectivity index (χ3n) is 9.00. The molecule has 45 heavy (non-hydrogen) atoms. The zero-order valence-electron chi connectivity index (χ0n) is 26.4. The normalized spacial score (nSPS) is 22.7. The molecule has 0 radical (unpaired) electrons. The van der Waals surface area contributed by atoms with Crippen LogP contribution in [0.4, 0.5) is 0 Å². The molecule has 10 nitrogen and oxygen atoms in total. The van der Waals surface area contributed by atoms with Gasteiger partial charge in [0.1, 0.15) is 0 Å². The predicted octanol–water partition coefficient (Wildman–Crippen LogP) is 2.62. The third kappa shape index (κ3) is 7.27. The lowest BCUT2D eigenvalue weighted by molar-refractivity contribution is -0.138. The topological polar surface area (TPSA) is 164 Å². The van der Waals surface area contributed by atoms with Crippen LogP contribution in [0.2, 0.25) is 0 Å². The highest BCUT2D eigenvalue weighted by atomic mass is 32.1. The minimum atomic E-state index is -0.919. The molecular weight excluding hydrogens is 613 g/mol. The Morgan fingerprint density at radius 3 is 2.13 bits per heavy atom. The molecule has 2 aromatic heterocycles. The van der Waals surface area contributed by atoms with E-state index in [4.69, 9.17) is 0 Å². The number of hydrogen-bond donors (Lipinski definition) is 8. The Balaban J connectivity index is 1.85. The molecule has 6 N–H and O–H groups in total. The van der Waals surface area contributed by atoms with Crippen LogP contribution in [-0.4, -0.2) is 61.3 Å². The lowest BCUT2D eigenvalue weighted by Gasteiger charge is -2.12. The highest BCUT2D eigenvalue weighted by Crippen LogP contribution is 2.29. The van der Waals surface area contributed by atoms with E-state index >= 15 is 0 Å². The second-order valence-electron chi connectivity index (χ2n) is 12.0. The molecule has 0 saturated carbocycles. The Kier molecular flexibility index (Phi) is 10.5. The average Bonchev–Trinajstić information content (AvgIpc) is 3.59. The summed E-state index contributed by atoms with van der Waals surface area (Å²) in [6.45, 7) is 11.4. The van der Waals surface area contributed by atoms with Crippen molar-refractivity contribution in [3.8, 4) is 0 Å². The molecule has 4 heterocycles. The third-order valence-corrected chi connectivity index (χ3v) is 9.52. The van der Waals surface area contributed by atoms with E-state index in [0.29, 0.717) is 23.8 Å². The summed E-state index contributed by atoms with van der Waals surface area (Å²) in [4.78, 5) is 56.0. The molecule has 1 fully saturated rings. The molecule has 1 saturated heterocycles. The number of carboxylic acid groups (broad SMARTS) is 2. The largest absolute Gasteiger partial charge is 0.481 e. The zero-order chi connectivity index (χ0) is 33.3. The Bertz CT molecular complexity index is 1740. The number of carbonyl (C=O) groups is 4. The Hall–Kier alpha value is -3.64. The van der Waals surface area contributed by atoms with Crippen molar-refractivity contribution in [3.05, 3.63) is 66.0 Å². The number of allylic oxidation sites excluding steroid dienone is 1. The molecule has 2 aromatic rings. The van der Waals surface area contributed by atoms with Gasteiger partial charge in [-0.05, 0) is 105 Å². The summed E-state index contributed by atoms with van der Waals surface area (Å²) < 4.78 is 0. The van der Waals surface area contributed by atoms with Gasteiger partial charge in [-0.15, -0.1) is 12.6 Å². The van der Waals surface area contributed by atoms with Crippen molar-refractivity contribution in [1.82, 2.24) is 20.6 Å². The molecule has 0 aromatic carbocycles. The molecular formula is C33H42N4O6S2. The number of carbonyl (C=O) groups excluding carboxylic acids is 2. The highest BCUT2D eigenvalue weighted by molar-refractivity contribution is 7.84. The van der Waals surface area contributed by atoms with Crippen molar-refractivity contribution in [1.29, 1.82) is 0 Å². The van der Waals surface area contributed by atoms with Gasteiger partial charge in [0, 0.05) is 52.2 Å². The number of amides is 2. The van der Waals surface area contributed by atoms with Crippen LogP contribution in [0.5, 0.6) is 0 Å². The van der Waals surface area contributed by atoms with E-state index in [1.165, 1.54) is 0 Å². The van der Waals surface area contributed by atoms with Gasteiger partial charge >= 0.3 is 11.9 Å². The first kappa shape index (κ1) is 34.2. The SMILES string of the molecule is CC1=C([C@@H](C)S)C(=O)N[C@@H]1Cc1[nH]c(/C=c2\[nH]/c(=C/[C@@H]3NC(=O)C(C)/C3=C(/C)S)c(C)c2CCC(=O)O)c(CCC(=O)O)c1C. The minimum absolute atomic E-state index is 0.0637. The molecule has 4 atom stereocenters. The number of hydrogen-bond acceptors (Lipinski definition) is 6. The van der Waals surface area contributed by atoms with E-state index in [2.05, 4.69) is 45.9 Å². The summed E-state index contributed by atoms with van der Waals surface area (Å²) in [6.07, 6.45) is 4.76. The molecule has 242 valence electrons. The van der Waals surface area contributed by atoms with Gasteiger partial charge in [-0.3, -0.25) is 19.2 Å². The molecule has 1 unspecified atom stereocenters. The minimum Gasteiger partial charge on any atom is -0.481 e. The predicted molar refractivity (Wildman–Crippen MR) is 180 cm³/mol. The average molecular weight is 655 g/mol. The van der Waals surface area contributed by atoms with Gasteiger partial charge < -0.3 is 30.8 Å². The monoisotopic (exact) mass is 654 g/mol. The van der Waals surface area contributed by atoms with Crippen LogP contribution in [0.1, 0.15) is 74.2 Å². The molecule has 0 aliphatic carbocycles. The maximum absolute atomic E-state index is 12.6. The van der Waals surface area contributed by atoms with Crippen LogP contribution in [-0.2, 0) is 38.4 Å². The van der Waals surface area contributed by atoms with Crippen LogP contribution in [0.15, 0.2) is 21.6 Å². The van der Waals surface area contributed by atoms with Gasteiger partial charge in [0.15, 0.2) is 0 Å². The standard InChI is InChI=1S/C33H42N4O6S2/c1-14-20(7-9-28(38)39)25(34-22(14)11-24-16(3)31(19(6)45)33(43)36-24)13-26-21(8-10-29(40)41)15(2)23(35-26)12-27-30(18(5)44)17(4)32(42)37-27/h12-13,17,19,24,27,34-35,44-45H,7-11H2,1-6H3,(H,36,43)(H,37,42)(H,38,39)(H,40,41)/b23-12+,26-13-,30-18+/t17?,19-,24-,27+/m1/s1. The molecule has 0 bridgehead atoms. The van der Waals surface area contributed by atoms with E-state index in [-0.39, 0.29) is 54.3 Å². The highest BCUT2D eigenvalue weighted by Gasteiger charge is 2.34. The van der Waals surface area contributed by atoms with Crippen molar-refractivity contribution >= 4 is 61.2 Å². The van der Waals surface area contributed by atoms with Crippen molar-refractivity contribution < 1.29 is 29.4 Å².